The molecule has 1 aromatic carbocycles. The van der Waals surface area contributed by atoms with Gasteiger partial charge in [-0.1, -0.05) is 12.8 Å². The Labute approximate surface area is 141 Å². The number of non-ortho nitro benzene ring substituents is 1. The van der Waals surface area contributed by atoms with Gasteiger partial charge in [0.05, 0.1) is 20.0 Å². The van der Waals surface area contributed by atoms with Crippen molar-refractivity contribution in [2.75, 3.05) is 6.56 Å². The van der Waals surface area contributed by atoms with E-state index < -0.39 is 53.7 Å². The molecule has 0 radical (unpaired) electrons. The fourth-order valence-electron chi connectivity index (χ4n) is 2.50. The third kappa shape index (κ3) is 3.46. The maximum Gasteiger partial charge on any atom is 0.429 e. The molecule has 0 aromatic heterocycles. The molecule has 0 bridgehead atoms. The number of nitro benzene ring substituents is 2. The third-order valence-corrected chi connectivity index (χ3v) is 4.86. The summed E-state index contributed by atoms with van der Waals surface area (Å²) in [5, 5.41) is 22.0. The molecule has 1 aliphatic carbocycles. The highest BCUT2D eigenvalue weighted by Crippen LogP contribution is 2.60. The molecular weight excluding hydrogens is 343 g/mol. The van der Waals surface area contributed by atoms with Gasteiger partial charge in [-0.25, -0.2) is 0 Å². The van der Waals surface area contributed by atoms with Crippen molar-refractivity contribution in [1.82, 2.24) is 0 Å². The van der Waals surface area contributed by atoms with Gasteiger partial charge in [-0.3, -0.25) is 24.8 Å². The highest BCUT2D eigenvalue weighted by molar-refractivity contribution is 7.54. The van der Waals surface area contributed by atoms with E-state index in [1.807, 2.05) is 0 Å². The van der Waals surface area contributed by atoms with Gasteiger partial charge in [0.25, 0.3) is 11.4 Å². The summed E-state index contributed by atoms with van der Waals surface area (Å²) in [5.41, 5.74) is -1.45. The lowest BCUT2D eigenvalue weighted by Crippen LogP contribution is -2.40. The molecule has 24 heavy (non-hydrogen) atoms. The van der Waals surface area contributed by atoms with E-state index in [0.29, 0.717) is 18.9 Å². The molecule has 10 nitrogen and oxygen atoms in total. The van der Waals surface area contributed by atoms with Gasteiger partial charge >= 0.3 is 13.9 Å². The molecule has 0 amide bonds. The molecule has 11 heteroatoms. The highest BCUT2D eigenvalue weighted by Gasteiger charge is 2.48. The van der Waals surface area contributed by atoms with Crippen LogP contribution in [0.4, 0.5) is 11.4 Å². The molecule has 2 fully saturated rings. The van der Waals surface area contributed by atoms with E-state index in [9.17, 15) is 25.1 Å². The molecule has 3 atom stereocenters. The minimum atomic E-state index is -4.75. The first kappa shape index (κ1) is 13.4. The summed E-state index contributed by atoms with van der Waals surface area (Å²) in [5.74, 6) is -1.65. The summed E-state index contributed by atoms with van der Waals surface area (Å²) in [4.78, 5) is 33.0. The van der Waals surface area contributed by atoms with Gasteiger partial charge < -0.3 is 4.89 Å². The van der Waals surface area contributed by atoms with Crippen LogP contribution in [0, 0.1) is 26.1 Å². The van der Waals surface area contributed by atoms with Gasteiger partial charge in [0.1, 0.15) is 12.6 Å². The second-order valence-electron chi connectivity index (χ2n) is 5.27. The Morgan fingerprint density at radius 2 is 2.04 bits per heavy atom. The van der Waals surface area contributed by atoms with Crippen molar-refractivity contribution in [2.45, 2.75) is 31.8 Å². The Hall–Kier alpha value is -1.87. The number of rotatable bonds is 4. The number of benzene rings is 1. The van der Waals surface area contributed by atoms with Gasteiger partial charge in [0.15, 0.2) is 0 Å². The average molecular weight is 361 g/mol. The minimum Gasteiger partial charge on any atom is -0.598 e. The predicted octanol–water partition coefficient (Wildman–Crippen LogP) is 2.53. The molecular formula is C13H15N2O8P. The van der Waals surface area contributed by atoms with Crippen molar-refractivity contribution >= 4 is 19.5 Å². The van der Waals surface area contributed by atoms with Crippen molar-refractivity contribution in [1.29, 1.82) is 0 Å². The van der Waals surface area contributed by atoms with Crippen LogP contribution in [0.1, 0.15) is 29.8 Å². The quantitative estimate of drug-likeness (QED) is 0.453. The van der Waals surface area contributed by atoms with E-state index in [-0.39, 0.29) is 12.8 Å². The van der Waals surface area contributed by atoms with E-state index in [2.05, 4.69) is 0 Å². The van der Waals surface area contributed by atoms with E-state index in [1.165, 1.54) is 0 Å². The average Bonchev–Trinajstić information content (AvgIpc) is 2.52. The second-order valence-corrected chi connectivity index (χ2v) is 6.71. The number of fused-ring (bicyclic) bond motifs is 1. The van der Waals surface area contributed by atoms with Crippen LogP contribution in [0.15, 0.2) is 18.2 Å². The molecule has 0 spiro atoms. The Kier molecular flexibility index (Phi) is 3.67. The molecule has 130 valence electrons. The standard InChI is InChI=1S/C13H15N2O8P/c16-14(17)10-5-6-13(11(7-10)15(18)19)23-24(20)21-8-9-3-1-2-4-12(9)22-24/h5-7,9,12H,1-4,8H2/t9-,12-,24?/m1/s1/i8D2,12D. The highest BCUT2D eigenvalue weighted by atomic mass is 31.2. The topological polar surface area (TPSA) is 137 Å². The van der Waals surface area contributed by atoms with Crippen LogP contribution in [0.25, 0.3) is 0 Å². The SMILES string of the molecule is [2H]C1([2H])O[P+]([O-])(Oc2ccc([N+](=O)[O-])cc2[N+](=O)[O-])O[C@]2([2H])CCCC[C@H]12. The summed E-state index contributed by atoms with van der Waals surface area (Å²) in [6.45, 7) is -2.51. The van der Waals surface area contributed by atoms with Crippen molar-refractivity contribution < 1.29 is 32.4 Å². The zero-order valence-electron chi connectivity index (χ0n) is 15.2. The Balaban J connectivity index is 1.95. The van der Waals surface area contributed by atoms with E-state index in [1.54, 1.807) is 0 Å². The van der Waals surface area contributed by atoms with Crippen LogP contribution < -0.4 is 9.42 Å². The number of phosphoric ester groups is 1. The van der Waals surface area contributed by atoms with E-state index >= 15 is 0 Å². The largest absolute Gasteiger partial charge is 0.598 e. The molecule has 1 heterocycles. The maximum absolute atomic E-state index is 12.9. The molecule has 1 unspecified atom stereocenters. The second kappa shape index (κ2) is 6.56. The third-order valence-electron chi connectivity index (χ3n) is 3.65. The molecule has 1 saturated carbocycles. The Bertz CT molecular complexity index is 799. The van der Waals surface area contributed by atoms with Crippen LogP contribution in [0.5, 0.6) is 5.75 Å². The number of hydrogen-bond acceptors (Lipinski definition) is 8. The summed E-state index contributed by atoms with van der Waals surface area (Å²) in [6.07, 6.45) is -0.292. The van der Waals surface area contributed by atoms with E-state index in [0.717, 1.165) is 12.1 Å². The van der Waals surface area contributed by atoms with Gasteiger partial charge in [-0.15, -0.1) is 0 Å². The number of phosphoric acid groups is 1. The summed E-state index contributed by atoms with van der Waals surface area (Å²) < 4.78 is 39.4. The first-order chi connectivity index (χ1) is 12.5. The van der Waals surface area contributed by atoms with Crippen molar-refractivity contribution in [2.24, 2.45) is 5.92 Å². The first-order valence-corrected chi connectivity index (χ1v) is 8.56. The van der Waals surface area contributed by atoms with Crippen LogP contribution >= 0.6 is 8.17 Å². The molecule has 0 N–H and O–H groups in total. The zero-order valence-corrected chi connectivity index (χ0v) is 13.1. The Morgan fingerprint density at radius 1 is 1.29 bits per heavy atom. The van der Waals surface area contributed by atoms with Gasteiger partial charge in [-0.2, -0.15) is 9.05 Å². The van der Waals surface area contributed by atoms with Gasteiger partial charge in [0, 0.05) is 12.0 Å². The fraction of sp³-hybridized carbons (Fsp3) is 0.538. The summed E-state index contributed by atoms with van der Waals surface area (Å²) in [7, 11) is -4.75. The first-order valence-electron chi connectivity index (χ1n) is 8.60. The van der Waals surface area contributed by atoms with Crippen molar-refractivity contribution in [3.05, 3.63) is 38.4 Å². The van der Waals surface area contributed by atoms with Crippen molar-refractivity contribution in [3.63, 3.8) is 0 Å². The number of hydrogen-bond donors (Lipinski definition) is 0. The molecule has 3 rings (SSSR count). The minimum absolute atomic E-state index is 0.0935. The zero-order chi connectivity index (χ0) is 20.0. The van der Waals surface area contributed by atoms with Crippen LogP contribution in [0.3, 0.4) is 0 Å². The summed E-state index contributed by atoms with van der Waals surface area (Å²) >= 11 is 0. The monoisotopic (exact) mass is 361 g/mol. The fourth-order valence-corrected chi connectivity index (χ4v) is 3.77. The number of nitro groups is 2. The van der Waals surface area contributed by atoms with Crippen LogP contribution in [0.2, 0.25) is 0 Å². The van der Waals surface area contributed by atoms with Gasteiger partial charge in [-0.05, 0) is 18.9 Å². The number of nitrogens with zero attached hydrogens (tertiary/aromatic N) is 2. The lowest BCUT2D eigenvalue weighted by Gasteiger charge is -2.39. The molecule has 1 aromatic rings. The van der Waals surface area contributed by atoms with Crippen LogP contribution in [-0.4, -0.2) is 22.5 Å². The maximum atomic E-state index is 12.9. The molecule has 1 aliphatic heterocycles. The van der Waals surface area contributed by atoms with Gasteiger partial charge in [0.2, 0.25) is 0 Å². The lowest BCUT2D eigenvalue weighted by molar-refractivity contribution is -0.394. The predicted molar refractivity (Wildman–Crippen MR) is 80.1 cm³/mol. The summed E-state index contributed by atoms with van der Waals surface area (Å²) in [6, 6.07) is 2.36. The normalized spacial score (nSPS) is 36.5. The smallest absolute Gasteiger partial charge is 0.429 e. The molecule has 1 saturated heterocycles. The Morgan fingerprint density at radius 3 is 2.75 bits per heavy atom. The van der Waals surface area contributed by atoms with Crippen LogP contribution in [-0.2, 0) is 9.05 Å². The lowest BCUT2D eigenvalue weighted by atomic mass is 9.87. The molecule has 2 aliphatic rings. The van der Waals surface area contributed by atoms with Crippen molar-refractivity contribution in [3.8, 4) is 5.75 Å². The van der Waals surface area contributed by atoms with E-state index in [4.69, 9.17) is 17.7 Å².